The number of rotatable bonds is 7. The molecule has 0 radical (unpaired) electrons. The van der Waals surface area contributed by atoms with Gasteiger partial charge in [-0.2, -0.15) is 5.10 Å². The van der Waals surface area contributed by atoms with Gasteiger partial charge >= 0.3 is 0 Å². The van der Waals surface area contributed by atoms with Gasteiger partial charge in [-0.25, -0.2) is 14.1 Å². The lowest BCUT2D eigenvalue weighted by Crippen LogP contribution is -2.22. The molecule has 0 N–H and O–H groups in total. The van der Waals surface area contributed by atoms with Crippen molar-refractivity contribution in [1.82, 2.24) is 19.2 Å². The fraction of sp³-hybridized carbons (Fsp3) is 0.273. The van der Waals surface area contributed by atoms with Gasteiger partial charge in [-0.15, -0.1) is 0 Å². The Morgan fingerprint density at radius 2 is 1.76 bits per heavy atom. The predicted molar refractivity (Wildman–Crippen MR) is 116 cm³/mol. The molecule has 0 aliphatic rings. The Hall–Kier alpha value is -2.77. The van der Waals surface area contributed by atoms with Crippen molar-refractivity contribution in [2.75, 3.05) is 6.61 Å². The summed E-state index contributed by atoms with van der Waals surface area (Å²) in [6.07, 6.45) is 7.71. The van der Waals surface area contributed by atoms with Crippen LogP contribution in [0.25, 0.3) is 28.0 Å². The van der Waals surface area contributed by atoms with E-state index in [1.54, 1.807) is 18.3 Å². The van der Waals surface area contributed by atoms with E-state index in [1.165, 1.54) is 12.1 Å². The maximum Gasteiger partial charge on any atom is 0.139 e. The molecule has 3 heterocycles. The van der Waals surface area contributed by atoms with E-state index in [-0.39, 0.29) is 5.82 Å². The maximum absolute atomic E-state index is 13.4. The fourth-order valence-corrected chi connectivity index (χ4v) is 3.89. The van der Waals surface area contributed by atoms with Crippen LogP contribution in [0.3, 0.4) is 0 Å². The lowest BCUT2D eigenvalue weighted by molar-refractivity contribution is 0.0788. The van der Waals surface area contributed by atoms with E-state index in [0.29, 0.717) is 6.73 Å². The molecule has 0 saturated heterocycles. The van der Waals surface area contributed by atoms with E-state index in [9.17, 15) is 4.39 Å². The second kappa shape index (κ2) is 7.92. The van der Waals surface area contributed by atoms with Crippen molar-refractivity contribution in [3.63, 3.8) is 0 Å². The zero-order valence-corrected chi connectivity index (χ0v) is 18.0. The molecule has 1 aromatic carbocycles. The van der Waals surface area contributed by atoms with Gasteiger partial charge in [-0.3, -0.25) is 0 Å². The third kappa shape index (κ3) is 4.63. The second-order valence-corrected chi connectivity index (χ2v) is 14.0. The molecular weight excluding hydrogens is 383 g/mol. The average molecular weight is 409 g/mol. The number of hydrogen-bond donors (Lipinski definition) is 0. The van der Waals surface area contributed by atoms with Gasteiger partial charge < -0.3 is 9.14 Å². The highest BCUT2D eigenvalue weighted by Gasteiger charge is 2.15. The normalized spacial score (nSPS) is 12.0. The molecule has 0 aliphatic heterocycles. The summed E-state index contributed by atoms with van der Waals surface area (Å²) in [6.45, 7) is 8.13. The van der Waals surface area contributed by atoms with Gasteiger partial charge in [0.1, 0.15) is 23.9 Å². The highest BCUT2D eigenvalue weighted by atomic mass is 28.3. The van der Waals surface area contributed by atoms with Crippen LogP contribution in [0.1, 0.15) is 0 Å². The molecule has 4 aromatic rings. The first-order valence-electron chi connectivity index (χ1n) is 9.73. The largest absolute Gasteiger partial charge is 0.360 e. The number of aromatic nitrogens is 4. The number of fused-ring (bicyclic) bond motifs is 1. The highest BCUT2D eigenvalue weighted by molar-refractivity contribution is 6.76. The first-order chi connectivity index (χ1) is 13.9. The van der Waals surface area contributed by atoms with Gasteiger partial charge in [0.05, 0.1) is 0 Å². The van der Waals surface area contributed by atoms with Crippen molar-refractivity contribution < 1.29 is 9.13 Å². The summed E-state index contributed by atoms with van der Waals surface area (Å²) in [4.78, 5) is 4.30. The first-order valence-corrected chi connectivity index (χ1v) is 13.4. The monoisotopic (exact) mass is 408 g/mol. The van der Waals surface area contributed by atoms with Gasteiger partial charge in [-0.05, 0) is 42.4 Å². The number of ether oxygens (including phenoxy) is 1. The Labute approximate surface area is 170 Å². The predicted octanol–water partition coefficient (Wildman–Crippen LogP) is 5.32. The summed E-state index contributed by atoms with van der Waals surface area (Å²) in [5.41, 5.74) is 4.55. The molecule has 0 aliphatic carbocycles. The summed E-state index contributed by atoms with van der Waals surface area (Å²) >= 11 is 0. The first kappa shape index (κ1) is 19.5. The number of pyridine rings is 1. The molecule has 0 spiro atoms. The third-order valence-corrected chi connectivity index (χ3v) is 6.50. The molecule has 0 saturated carbocycles. The quantitative estimate of drug-likeness (QED) is 0.307. The van der Waals surface area contributed by atoms with E-state index >= 15 is 0 Å². The third-order valence-electron chi connectivity index (χ3n) is 4.80. The van der Waals surface area contributed by atoms with Gasteiger partial charge in [0.2, 0.25) is 0 Å². The van der Waals surface area contributed by atoms with Crippen LogP contribution in [0.5, 0.6) is 0 Å². The van der Waals surface area contributed by atoms with Crippen molar-refractivity contribution in [3.8, 4) is 22.4 Å². The molecule has 0 bridgehead atoms. The second-order valence-electron chi connectivity index (χ2n) is 8.40. The van der Waals surface area contributed by atoms with Gasteiger partial charge in [0.15, 0.2) is 0 Å². The molecule has 0 amide bonds. The van der Waals surface area contributed by atoms with Gasteiger partial charge in [-0.1, -0.05) is 19.6 Å². The maximum atomic E-state index is 13.4. The van der Waals surface area contributed by atoms with Crippen LogP contribution in [0, 0.1) is 5.82 Å². The molecule has 150 valence electrons. The Kier molecular flexibility index (Phi) is 5.34. The molecular formula is C22H25FN4OSi. The Morgan fingerprint density at radius 1 is 1.00 bits per heavy atom. The van der Waals surface area contributed by atoms with Crippen molar-refractivity contribution in [2.45, 2.75) is 32.4 Å². The van der Waals surface area contributed by atoms with E-state index in [4.69, 9.17) is 9.84 Å². The van der Waals surface area contributed by atoms with Crippen LogP contribution in [-0.4, -0.2) is 33.8 Å². The van der Waals surface area contributed by atoms with Crippen LogP contribution in [-0.2, 0) is 11.5 Å². The number of benzene rings is 1. The Morgan fingerprint density at radius 3 is 2.52 bits per heavy atom. The van der Waals surface area contributed by atoms with Crippen molar-refractivity contribution in [1.29, 1.82) is 0 Å². The average Bonchev–Trinajstić information content (AvgIpc) is 3.31. The van der Waals surface area contributed by atoms with E-state index in [1.807, 2.05) is 39.8 Å². The van der Waals surface area contributed by atoms with Crippen LogP contribution in [0.4, 0.5) is 4.39 Å². The minimum absolute atomic E-state index is 0.260. The minimum Gasteiger partial charge on any atom is -0.360 e. The molecule has 5 nitrogen and oxygen atoms in total. The number of halogens is 1. The Bertz CT molecular complexity index is 1110. The summed E-state index contributed by atoms with van der Waals surface area (Å²) in [5, 5.41) is 4.74. The summed E-state index contributed by atoms with van der Waals surface area (Å²) in [7, 11) is -1.13. The van der Waals surface area contributed by atoms with E-state index in [2.05, 4.69) is 24.6 Å². The molecule has 0 unspecified atom stereocenters. The number of nitrogens with zero attached hydrogens (tertiary/aromatic N) is 4. The smallest absolute Gasteiger partial charge is 0.139 e. The Balaban J connectivity index is 1.66. The van der Waals surface area contributed by atoms with Crippen molar-refractivity contribution >= 4 is 13.7 Å². The molecule has 0 atom stereocenters. The summed E-state index contributed by atoms with van der Waals surface area (Å²) in [5.74, 6) is -0.260. The van der Waals surface area contributed by atoms with Gasteiger partial charge in [0.25, 0.3) is 0 Å². The molecule has 0 fully saturated rings. The lowest BCUT2D eigenvalue weighted by Gasteiger charge is -2.15. The highest BCUT2D eigenvalue weighted by Crippen LogP contribution is 2.31. The minimum atomic E-state index is -1.13. The molecule has 3 aromatic heterocycles. The van der Waals surface area contributed by atoms with Crippen LogP contribution in [0.15, 0.2) is 61.2 Å². The van der Waals surface area contributed by atoms with E-state index in [0.717, 1.165) is 40.7 Å². The SMILES string of the molecule is C[Si](C)(C)CCOCn1cc(-c2ccc3nccn3c2)c(-c2ccc(F)cc2)n1. The van der Waals surface area contributed by atoms with Crippen LogP contribution < -0.4 is 0 Å². The van der Waals surface area contributed by atoms with Crippen molar-refractivity contribution in [2.24, 2.45) is 0 Å². The zero-order valence-electron chi connectivity index (χ0n) is 17.0. The number of hydrogen-bond acceptors (Lipinski definition) is 3. The zero-order chi connectivity index (χ0) is 20.4. The topological polar surface area (TPSA) is 44.4 Å². The van der Waals surface area contributed by atoms with Crippen LogP contribution >= 0.6 is 0 Å². The van der Waals surface area contributed by atoms with Crippen molar-refractivity contribution in [3.05, 3.63) is 67.0 Å². The molecule has 4 rings (SSSR count). The lowest BCUT2D eigenvalue weighted by atomic mass is 10.0. The van der Waals surface area contributed by atoms with Gasteiger partial charge in [0, 0.05) is 56.2 Å². The summed E-state index contributed by atoms with van der Waals surface area (Å²) in [6, 6.07) is 11.6. The van der Waals surface area contributed by atoms with E-state index < -0.39 is 8.07 Å². The fourth-order valence-electron chi connectivity index (χ4n) is 3.14. The summed E-state index contributed by atoms with van der Waals surface area (Å²) < 4.78 is 23.1. The molecule has 7 heteroatoms. The standard InChI is InChI=1S/C22H25FN4OSi/c1-29(2,3)13-12-28-16-27-15-20(18-6-9-21-24-10-11-26(21)14-18)22(25-27)17-4-7-19(23)8-5-17/h4-11,14-15H,12-13,16H2,1-3H3. The van der Waals surface area contributed by atoms with Crippen LogP contribution in [0.2, 0.25) is 25.7 Å². The molecule has 29 heavy (non-hydrogen) atoms. The number of imidazole rings is 1.